The van der Waals surface area contributed by atoms with Crippen molar-refractivity contribution < 1.29 is 28.6 Å². The first-order valence-electron chi connectivity index (χ1n) is 34.9. The molecule has 0 fully saturated rings. The molecule has 0 aromatic carbocycles. The number of hydrogen-bond acceptors (Lipinski definition) is 6. The molecule has 470 valence electrons. The summed E-state index contributed by atoms with van der Waals surface area (Å²) in [6.07, 6.45) is 95.3. The molecule has 0 aliphatic rings. The number of unbranched alkanes of at least 4 members (excludes halogenated alkanes) is 34. The molecule has 0 saturated heterocycles. The molecular formula is C76H130O6. The summed E-state index contributed by atoms with van der Waals surface area (Å²) in [5, 5.41) is 0. The largest absolute Gasteiger partial charge is 0.462 e. The molecule has 0 aliphatic carbocycles. The first-order valence-corrected chi connectivity index (χ1v) is 34.9. The maximum Gasteiger partial charge on any atom is 0.306 e. The summed E-state index contributed by atoms with van der Waals surface area (Å²) in [6, 6.07) is 0. The smallest absolute Gasteiger partial charge is 0.306 e. The van der Waals surface area contributed by atoms with Crippen LogP contribution in [0.2, 0.25) is 0 Å². The molecule has 0 aromatic heterocycles. The van der Waals surface area contributed by atoms with E-state index in [1.165, 1.54) is 173 Å². The van der Waals surface area contributed by atoms with Gasteiger partial charge in [-0.25, -0.2) is 0 Å². The van der Waals surface area contributed by atoms with Gasteiger partial charge in [-0.15, -0.1) is 0 Å². The van der Waals surface area contributed by atoms with Gasteiger partial charge in [0.1, 0.15) is 13.2 Å². The fourth-order valence-electron chi connectivity index (χ4n) is 9.81. The van der Waals surface area contributed by atoms with Crippen molar-refractivity contribution in [2.45, 2.75) is 341 Å². The van der Waals surface area contributed by atoms with Crippen molar-refractivity contribution in [1.82, 2.24) is 0 Å². The fourth-order valence-corrected chi connectivity index (χ4v) is 9.81. The summed E-state index contributed by atoms with van der Waals surface area (Å²) in [7, 11) is 0. The van der Waals surface area contributed by atoms with Gasteiger partial charge in [0.15, 0.2) is 6.10 Å². The molecule has 0 N–H and O–H groups in total. The molecule has 0 heterocycles. The number of carbonyl (C=O) groups is 3. The summed E-state index contributed by atoms with van der Waals surface area (Å²) in [5.41, 5.74) is 0. The highest BCUT2D eigenvalue weighted by Crippen LogP contribution is 2.17. The normalized spacial score (nSPS) is 12.8. The first-order chi connectivity index (χ1) is 40.5. The molecule has 0 aromatic rings. The molecule has 0 rings (SSSR count). The van der Waals surface area contributed by atoms with Crippen molar-refractivity contribution in [3.8, 4) is 0 Å². The number of ether oxygens (including phenoxy) is 3. The van der Waals surface area contributed by atoms with Crippen molar-refractivity contribution in [1.29, 1.82) is 0 Å². The summed E-state index contributed by atoms with van der Waals surface area (Å²) >= 11 is 0. The van der Waals surface area contributed by atoms with Crippen LogP contribution in [0.4, 0.5) is 0 Å². The van der Waals surface area contributed by atoms with E-state index in [1.54, 1.807) is 0 Å². The molecule has 0 bridgehead atoms. The topological polar surface area (TPSA) is 78.9 Å². The van der Waals surface area contributed by atoms with Gasteiger partial charge in [0.25, 0.3) is 0 Å². The van der Waals surface area contributed by atoms with E-state index in [9.17, 15) is 14.4 Å². The van der Waals surface area contributed by atoms with E-state index in [4.69, 9.17) is 14.2 Å². The van der Waals surface area contributed by atoms with Gasteiger partial charge >= 0.3 is 17.9 Å². The second-order valence-corrected chi connectivity index (χ2v) is 23.1. The van der Waals surface area contributed by atoms with Crippen molar-refractivity contribution in [3.63, 3.8) is 0 Å². The van der Waals surface area contributed by atoms with Crippen LogP contribution in [0, 0.1) is 0 Å². The average Bonchev–Trinajstić information content (AvgIpc) is 3.47. The Morgan fingerprint density at radius 3 is 0.768 bits per heavy atom. The molecule has 0 radical (unpaired) electrons. The lowest BCUT2D eigenvalue weighted by molar-refractivity contribution is -0.167. The Bertz CT molecular complexity index is 1640. The maximum atomic E-state index is 12.9. The van der Waals surface area contributed by atoms with Crippen molar-refractivity contribution in [2.24, 2.45) is 0 Å². The van der Waals surface area contributed by atoms with Gasteiger partial charge < -0.3 is 14.2 Å². The molecule has 0 aliphatic heterocycles. The molecular weight excluding hydrogens is 1010 g/mol. The molecule has 1 atom stereocenters. The van der Waals surface area contributed by atoms with Crippen LogP contribution in [0.5, 0.6) is 0 Å². The predicted octanol–water partition coefficient (Wildman–Crippen LogP) is 24.2. The number of carbonyl (C=O) groups excluding carboxylic acids is 3. The monoisotopic (exact) mass is 1140 g/mol. The number of allylic oxidation sites excluding steroid dienone is 18. The zero-order chi connectivity index (χ0) is 59.2. The van der Waals surface area contributed by atoms with Crippen LogP contribution in [0.15, 0.2) is 109 Å². The first kappa shape index (κ1) is 78.1. The van der Waals surface area contributed by atoms with E-state index in [2.05, 4.69) is 130 Å². The van der Waals surface area contributed by atoms with Crippen molar-refractivity contribution in [2.75, 3.05) is 13.2 Å². The Morgan fingerprint density at radius 2 is 0.476 bits per heavy atom. The highest BCUT2D eigenvalue weighted by atomic mass is 16.6. The van der Waals surface area contributed by atoms with E-state index in [0.29, 0.717) is 19.3 Å². The van der Waals surface area contributed by atoms with Crippen LogP contribution in [0.1, 0.15) is 335 Å². The fraction of sp³-hybridized carbons (Fsp3) is 0.724. The van der Waals surface area contributed by atoms with E-state index in [0.717, 1.165) is 122 Å². The zero-order valence-electron chi connectivity index (χ0n) is 54.0. The number of esters is 3. The Labute approximate surface area is 508 Å². The minimum atomic E-state index is -0.786. The van der Waals surface area contributed by atoms with Gasteiger partial charge in [0, 0.05) is 19.3 Å². The van der Waals surface area contributed by atoms with Crippen LogP contribution in [-0.2, 0) is 28.6 Å². The van der Waals surface area contributed by atoms with Crippen LogP contribution in [0.3, 0.4) is 0 Å². The summed E-state index contributed by atoms with van der Waals surface area (Å²) < 4.78 is 17.0. The van der Waals surface area contributed by atoms with E-state index in [1.807, 2.05) is 0 Å². The van der Waals surface area contributed by atoms with E-state index < -0.39 is 6.10 Å². The van der Waals surface area contributed by atoms with Gasteiger partial charge in [0.05, 0.1) is 0 Å². The maximum absolute atomic E-state index is 12.9. The molecule has 1 unspecified atom stereocenters. The summed E-state index contributed by atoms with van der Waals surface area (Å²) in [6.45, 7) is 6.52. The third-order valence-electron chi connectivity index (χ3n) is 15.0. The zero-order valence-corrected chi connectivity index (χ0v) is 54.0. The van der Waals surface area contributed by atoms with Crippen molar-refractivity contribution >= 4 is 17.9 Å². The van der Waals surface area contributed by atoms with Gasteiger partial charge in [-0.2, -0.15) is 0 Å². The second kappa shape index (κ2) is 69.6. The lowest BCUT2D eigenvalue weighted by Gasteiger charge is -2.18. The Kier molecular flexibility index (Phi) is 66.2. The van der Waals surface area contributed by atoms with Gasteiger partial charge in [-0.05, 0) is 109 Å². The standard InChI is InChI=1S/C76H130O6/c1-4-7-10-13-16-19-22-25-28-30-32-33-34-35-36-37-38-39-40-41-42-43-45-46-48-51-54-57-60-63-66-69-75(78)81-72-73(71-80-74(77)68-65-62-59-56-53-50-27-24-21-18-15-12-9-6-3)82-76(79)70-67-64-61-58-55-52-49-47-44-31-29-26-23-20-17-14-11-8-5-2/h7,10,16-17,19-20,25-26,28-29,32-33,35-36,38-39,44,47,73H,4-6,8-9,11-15,18,21-24,27,30-31,34,37,40-43,45-46,48-72H2,1-3H3/b10-7-,19-16-,20-17-,28-25-,29-26-,33-32-,36-35-,39-38-,47-44-. The molecule has 82 heavy (non-hydrogen) atoms. The van der Waals surface area contributed by atoms with Crippen LogP contribution >= 0.6 is 0 Å². The Morgan fingerprint density at radius 1 is 0.256 bits per heavy atom. The Balaban J connectivity index is 4.29. The number of rotatable bonds is 63. The molecule has 6 heteroatoms. The SMILES string of the molecule is CC/C=C\C/C=C\C/C=C\C/C=C\C/C=C\C/C=C\CCCCCCCCCCCCCCC(=O)OCC(COC(=O)CCCCCCCCCCCCCCCC)OC(=O)CCCCCCCC/C=C\C/C=C\C/C=C\CCCCC. The minimum Gasteiger partial charge on any atom is -0.462 e. The van der Waals surface area contributed by atoms with Gasteiger partial charge in [-0.3, -0.25) is 14.4 Å². The third-order valence-corrected chi connectivity index (χ3v) is 15.0. The van der Waals surface area contributed by atoms with Crippen LogP contribution in [0.25, 0.3) is 0 Å². The lowest BCUT2D eigenvalue weighted by Crippen LogP contribution is -2.30. The quantitative estimate of drug-likeness (QED) is 0.0261. The highest BCUT2D eigenvalue weighted by Gasteiger charge is 2.19. The van der Waals surface area contributed by atoms with Gasteiger partial charge in [-0.1, -0.05) is 316 Å². The summed E-state index contributed by atoms with van der Waals surface area (Å²) in [5.74, 6) is -0.881. The Hall–Kier alpha value is -3.93. The lowest BCUT2D eigenvalue weighted by atomic mass is 10.0. The van der Waals surface area contributed by atoms with Gasteiger partial charge in [0.2, 0.25) is 0 Å². The predicted molar refractivity (Wildman–Crippen MR) is 357 cm³/mol. The second-order valence-electron chi connectivity index (χ2n) is 23.1. The third kappa shape index (κ3) is 66.9. The summed E-state index contributed by atoms with van der Waals surface area (Å²) in [4.78, 5) is 38.4. The van der Waals surface area contributed by atoms with Crippen molar-refractivity contribution in [3.05, 3.63) is 109 Å². The van der Waals surface area contributed by atoms with Crippen LogP contribution in [-0.4, -0.2) is 37.2 Å². The minimum absolute atomic E-state index is 0.0806. The molecule has 0 spiro atoms. The number of hydrogen-bond donors (Lipinski definition) is 0. The molecule has 0 saturated carbocycles. The molecule has 0 amide bonds. The average molecular weight is 1140 g/mol. The van der Waals surface area contributed by atoms with E-state index >= 15 is 0 Å². The molecule has 6 nitrogen and oxygen atoms in total. The highest BCUT2D eigenvalue weighted by molar-refractivity contribution is 5.71. The van der Waals surface area contributed by atoms with E-state index in [-0.39, 0.29) is 31.1 Å². The van der Waals surface area contributed by atoms with Crippen LogP contribution < -0.4 is 0 Å².